The van der Waals surface area contributed by atoms with Crippen LogP contribution in [0.5, 0.6) is 0 Å². The molecule has 0 unspecified atom stereocenters. The van der Waals surface area contributed by atoms with Gasteiger partial charge in [0.1, 0.15) is 11.5 Å². The van der Waals surface area contributed by atoms with Crippen LogP contribution in [0.1, 0.15) is 29.9 Å². The van der Waals surface area contributed by atoms with Crippen LogP contribution in [0.2, 0.25) is 0 Å². The summed E-state index contributed by atoms with van der Waals surface area (Å²) in [6.45, 7) is 4.76. The predicted octanol–water partition coefficient (Wildman–Crippen LogP) is 3.22. The minimum absolute atomic E-state index is 0.222. The maximum absolute atomic E-state index is 5.65. The number of H-pyrrole nitrogens is 1. The van der Waals surface area contributed by atoms with E-state index in [1.54, 1.807) is 6.20 Å². The first-order valence-electron chi connectivity index (χ1n) is 6.96. The van der Waals surface area contributed by atoms with Gasteiger partial charge in [-0.1, -0.05) is 6.07 Å². The predicted molar refractivity (Wildman–Crippen MR) is 80.5 cm³/mol. The normalized spacial score (nSPS) is 12.5. The fraction of sp³-hybridized carbons (Fsp3) is 0.250. The van der Waals surface area contributed by atoms with Gasteiger partial charge >= 0.3 is 0 Å². The topological polar surface area (TPSA) is 66.7 Å². The van der Waals surface area contributed by atoms with E-state index >= 15 is 0 Å². The van der Waals surface area contributed by atoms with Gasteiger partial charge in [0.2, 0.25) is 0 Å². The van der Waals surface area contributed by atoms with Gasteiger partial charge in [-0.15, -0.1) is 0 Å². The number of aromatic amines is 1. The van der Waals surface area contributed by atoms with Crippen LogP contribution in [0.25, 0.3) is 11.5 Å². The van der Waals surface area contributed by atoms with Crippen LogP contribution in [-0.4, -0.2) is 15.2 Å². The van der Waals surface area contributed by atoms with E-state index in [9.17, 15) is 0 Å². The molecule has 3 aromatic heterocycles. The number of aryl methyl sites for hydroxylation is 1. The highest BCUT2D eigenvalue weighted by Crippen LogP contribution is 2.23. The van der Waals surface area contributed by atoms with Crippen LogP contribution < -0.4 is 5.32 Å². The van der Waals surface area contributed by atoms with Gasteiger partial charge in [-0.2, -0.15) is 5.10 Å². The fourth-order valence-corrected chi connectivity index (χ4v) is 2.24. The molecule has 3 rings (SSSR count). The molecule has 0 spiro atoms. The van der Waals surface area contributed by atoms with E-state index in [0.717, 1.165) is 28.3 Å². The number of furan rings is 1. The van der Waals surface area contributed by atoms with Crippen molar-refractivity contribution in [3.8, 4) is 11.5 Å². The Morgan fingerprint density at radius 2 is 2.19 bits per heavy atom. The Bertz CT molecular complexity index is 702. The molecule has 2 N–H and O–H groups in total. The molecule has 108 valence electrons. The quantitative estimate of drug-likeness (QED) is 0.754. The van der Waals surface area contributed by atoms with E-state index in [1.165, 1.54) is 0 Å². The highest BCUT2D eigenvalue weighted by molar-refractivity contribution is 5.56. The van der Waals surface area contributed by atoms with E-state index in [4.69, 9.17) is 4.42 Å². The van der Waals surface area contributed by atoms with Gasteiger partial charge in [0.25, 0.3) is 0 Å². The summed E-state index contributed by atoms with van der Waals surface area (Å²) in [6.07, 6.45) is 5.49. The molecule has 0 fully saturated rings. The zero-order chi connectivity index (χ0) is 14.7. The van der Waals surface area contributed by atoms with Crippen molar-refractivity contribution in [2.45, 2.75) is 26.4 Å². The maximum Gasteiger partial charge on any atom is 0.152 e. The summed E-state index contributed by atoms with van der Waals surface area (Å²) in [5.74, 6) is 1.71. The largest absolute Gasteiger partial charge is 0.460 e. The number of pyridine rings is 1. The van der Waals surface area contributed by atoms with Crippen LogP contribution in [0.3, 0.4) is 0 Å². The van der Waals surface area contributed by atoms with Crippen molar-refractivity contribution >= 4 is 0 Å². The third-order valence-corrected chi connectivity index (χ3v) is 3.49. The minimum atomic E-state index is 0.222. The third-order valence-electron chi connectivity index (χ3n) is 3.49. The average molecular weight is 282 g/mol. The number of aromatic nitrogens is 3. The zero-order valence-corrected chi connectivity index (χ0v) is 12.1. The number of hydrogen-bond donors (Lipinski definition) is 2. The minimum Gasteiger partial charge on any atom is -0.460 e. The lowest BCUT2D eigenvalue weighted by Crippen LogP contribution is -2.18. The summed E-state index contributed by atoms with van der Waals surface area (Å²) in [5.41, 5.74) is 3.17. The van der Waals surface area contributed by atoms with Crippen LogP contribution in [0, 0.1) is 6.92 Å². The van der Waals surface area contributed by atoms with Crippen molar-refractivity contribution in [1.29, 1.82) is 0 Å². The van der Waals surface area contributed by atoms with E-state index in [0.29, 0.717) is 6.54 Å². The van der Waals surface area contributed by atoms with Crippen LogP contribution in [-0.2, 0) is 6.54 Å². The Kier molecular flexibility index (Phi) is 3.83. The summed E-state index contributed by atoms with van der Waals surface area (Å²) < 4.78 is 5.65. The van der Waals surface area contributed by atoms with Crippen molar-refractivity contribution in [3.05, 3.63) is 59.7 Å². The van der Waals surface area contributed by atoms with Crippen molar-refractivity contribution in [2.75, 3.05) is 0 Å². The SMILES string of the molecule is Cc1ccc(-c2[nH]ncc2CN[C@@H](C)c2cccnc2)o1. The summed E-state index contributed by atoms with van der Waals surface area (Å²) in [6, 6.07) is 8.14. The molecular weight excluding hydrogens is 264 g/mol. The smallest absolute Gasteiger partial charge is 0.152 e. The van der Waals surface area contributed by atoms with Gasteiger partial charge in [-0.3, -0.25) is 10.1 Å². The number of rotatable bonds is 5. The molecule has 0 aliphatic heterocycles. The summed E-state index contributed by atoms with van der Waals surface area (Å²) >= 11 is 0. The molecule has 0 bridgehead atoms. The monoisotopic (exact) mass is 282 g/mol. The average Bonchev–Trinajstić information content (AvgIpc) is 3.14. The van der Waals surface area contributed by atoms with E-state index in [-0.39, 0.29) is 6.04 Å². The standard InChI is InChI=1S/C16H18N4O/c1-11-5-6-15(21-11)16-14(10-19-20-16)9-18-12(2)13-4-3-7-17-8-13/h3-8,10,12,18H,9H2,1-2H3,(H,19,20)/t12-/m0/s1. The molecule has 3 aromatic rings. The van der Waals surface area contributed by atoms with Crippen LogP contribution in [0.4, 0.5) is 0 Å². The second-order valence-corrected chi connectivity index (χ2v) is 5.07. The molecule has 0 amide bonds. The fourth-order valence-electron chi connectivity index (χ4n) is 2.24. The second-order valence-electron chi connectivity index (χ2n) is 5.07. The second kappa shape index (κ2) is 5.93. The third kappa shape index (κ3) is 3.03. The summed E-state index contributed by atoms with van der Waals surface area (Å²) in [7, 11) is 0. The van der Waals surface area contributed by atoms with Gasteiger partial charge in [-0.25, -0.2) is 0 Å². The van der Waals surface area contributed by atoms with Crippen molar-refractivity contribution < 1.29 is 4.42 Å². The van der Waals surface area contributed by atoms with Gasteiger partial charge < -0.3 is 9.73 Å². The first-order chi connectivity index (χ1) is 10.2. The Hall–Kier alpha value is -2.40. The van der Waals surface area contributed by atoms with E-state index < -0.39 is 0 Å². The molecule has 0 aliphatic carbocycles. The van der Waals surface area contributed by atoms with Gasteiger partial charge in [0.15, 0.2) is 5.76 Å². The Morgan fingerprint density at radius 3 is 2.90 bits per heavy atom. The molecule has 5 nitrogen and oxygen atoms in total. The summed E-state index contributed by atoms with van der Waals surface area (Å²) in [4.78, 5) is 4.15. The molecule has 21 heavy (non-hydrogen) atoms. The Labute approximate surface area is 123 Å². The number of nitrogens with zero attached hydrogens (tertiary/aromatic N) is 2. The highest BCUT2D eigenvalue weighted by atomic mass is 16.3. The zero-order valence-electron chi connectivity index (χ0n) is 12.1. The van der Waals surface area contributed by atoms with Gasteiger partial charge in [-0.05, 0) is 37.6 Å². The maximum atomic E-state index is 5.65. The van der Waals surface area contributed by atoms with Crippen molar-refractivity contribution in [3.63, 3.8) is 0 Å². The molecular formula is C16H18N4O. The van der Waals surface area contributed by atoms with Crippen molar-refractivity contribution in [1.82, 2.24) is 20.5 Å². The Balaban J connectivity index is 1.71. The molecule has 0 aromatic carbocycles. The van der Waals surface area contributed by atoms with E-state index in [1.807, 2.05) is 37.5 Å². The first kappa shape index (κ1) is 13.6. The molecule has 5 heteroatoms. The molecule has 1 atom stereocenters. The lowest BCUT2D eigenvalue weighted by molar-refractivity contribution is 0.542. The molecule has 0 radical (unpaired) electrons. The lowest BCUT2D eigenvalue weighted by Gasteiger charge is -2.13. The molecule has 0 aliphatic rings. The van der Waals surface area contributed by atoms with Crippen LogP contribution >= 0.6 is 0 Å². The van der Waals surface area contributed by atoms with Gasteiger partial charge in [0.05, 0.1) is 6.20 Å². The van der Waals surface area contributed by atoms with Crippen molar-refractivity contribution in [2.24, 2.45) is 0 Å². The molecule has 0 saturated carbocycles. The molecule has 0 saturated heterocycles. The van der Waals surface area contributed by atoms with E-state index in [2.05, 4.69) is 33.5 Å². The summed E-state index contributed by atoms with van der Waals surface area (Å²) in [5, 5.41) is 10.6. The number of hydrogen-bond acceptors (Lipinski definition) is 4. The Morgan fingerprint density at radius 1 is 1.29 bits per heavy atom. The highest BCUT2D eigenvalue weighted by Gasteiger charge is 2.12. The van der Waals surface area contributed by atoms with Crippen LogP contribution in [0.15, 0.2) is 47.3 Å². The molecule has 3 heterocycles. The lowest BCUT2D eigenvalue weighted by atomic mass is 10.1. The van der Waals surface area contributed by atoms with Gasteiger partial charge in [0, 0.05) is 30.5 Å². The first-order valence-corrected chi connectivity index (χ1v) is 6.96. The number of nitrogens with one attached hydrogen (secondary N) is 2.